The Morgan fingerprint density at radius 3 is 2.25 bits per heavy atom. The number of rotatable bonds is 2. The molecular formula is C13H20N2O4S. The Kier molecular flexibility index (Phi) is 4.45. The molecule has 0 atom stereocenters. The van der Waals surface area contributed by atoms with Crippen molar-refractivity contribution in [3.8, 4) is 0 Å². The first-order valence-corrected chi connectivity index (χ1v) is 7.59. The second kappa shape index (κ2) is 5.41. The van der Waals surface area contributed by atoms with E-state index in [1.165, 1.54) is 12.1 Å². The summed E-state index contributed by atoms with van der Waals surface area (Å²) in [6.07, 6.45) is -0.647. The van der Waals surface area contributed by atoms with Gasteiger partial charge in [0.2, 0.25) is 10.0 Å². The fourth-order valence-electron chi connectivity index (χ4n) is 1.53. The molecule has 0 fully saturated rings. The van der Waals surface area contributed by atoms with Crippen LogP contribution in [0.5, 0.6) is 0 Å². The number of nitrogens with two attached hydrogens (primary N) is 1. The Bertz CT molecular complexity index is 631. The van der Waals surface area contributed by atoms with Crippen LogP contribution in [-0.2, 0) is 14.8 Å². The van der Waals surface area contributed by atoms with Gasteiger partial charge in [-0.1, -0.05) is 0 Å². The molecule has 0 spiro atoms. The average molecular weight is 300 g/mol. The number of hydrogen-bond donors (Lipinski definition) is 2. The first-order chi connectivity index (χ1) is 8.90. The quantitative estimate of drug-likeness (QED) is 0.875. The van der Waals surface area contributed by atoms with Crippen molar-refractivity contribution in [3.63, 3.8) is 0 Å². The summed E-state index contributed by atoms with van der Waals surface area (Å²) in [5.41, 5.74) is 1.19. The summed E-state index contributed by atoms with van der Waals surface area (Å²) >= 11 is 0. The summed E-state index contributed by atoms with van der Waals surface area (Å²) in [4.78, 5) is 11.7. The van der Waals surface area contributed by atoms with Crippen molar-refractivity contribution in [1.82, 2.24) is 0 Å². The number of primary sulfonamides is 1. The monoisotopic (exact) mass is 300 g/mol. The van der Waals surface area contributed by atoms with Crippen LogP contribution in [0.1, 0.15) is 31.9 Å². The molecule has 20 heavy (non-hydrogen) atoms. The van der Waals surface area contributed by atoms with Gasteiger partial charge >= 0.3 is 6.09 Å². The van der Waals surface area contributed by atoms with Crippen LogP contribution in [-0.4, -0.2) is 20.1 Å². The Morgan fingerprint density at radius 1 is 1.25 bits per heavy atom. The summed E-state index contributed by atoms with van der Waals surface area (Å²) in [5.74, 6) is 0. The molecule has 3 N–H and O–H groups in total. The molecule has 0 aliphatic carbocycles. The lowest BCUT2D eigenvalue weighted by molar-refractivity contribution is 0.0635. The molecule has 7 heteroatoms. The van der Waals surface area contributed by atoms with Crippen LogP contribution in [0, 0.1) is 13.8 Å². The maximum atomic E-state index is 11.7. The number of hydrogen-bond acceptors (Lipinski definition) is 4. The Balaban J connectivity index is 3.13. The van der Waals surface area contributed by atoms with Crippen molar-refractivity contribution in [3.05, 3.63) is 23.3 Å². The van der Waals surface area contributed by atoms with Crippen molar-refractivity contribution in [2.75, 3.05) is 5.32 Å². The number of ether oxygens (including phenoxy) is 1. The minimum absolute atomic E-state index is 0.0494. The maximum Gasteiger partial charge on any atom is 0.412 e. The zero-order chi connectivity index (χ0) is 15.7. The van der Waals surface area contributed by atoms with E-state index < -0.39 is 21.7 Å². The van der Waals surface area contributed by atoms with E-state index in [1.807, 2.05) is 0 Å². The van der Waals surface area contributed by atoms with Crippen LogP contribution >= 0.6 is 0 Å². The Hall–Kier alpha value is -1.60. The second-order valence-electron chi connectivity index (χ2n) is 5.58. The smallest absolute Gasteiger partial charge is 0.412 e. The summed E-state index contributed by atoms with van der Waals surface area (Å²) in [7, 11) is -3.83. The number of amides is 1. The van der Waals surface area contributed by atoms with Crippen LogP contribution in [0.3, 0.4) is 0 Å². The summed E-state index contributed by atoms with van der Waals surface area (Å²) in [6.45, 7) is 8.74. The third-order valence-electron chi connectivity index (χ3n) is 2.61. The third kappa shape index (κ3) is 4.50. The molecule has 1 rings (SSSR count). The van der Waals surface area contributed by atoms with Gasteiger partial charge in [0.25, 0.3) is 0 Å². The zero-order valence-electron chi connectivity index (χ0n) is 12.3. The lowest BCUT2D eigenvalue weighted by Crippen LogP contribution is -2.27. The number of nitrogens with one attached hydrogen (secondary N) is 1. The van der Waals surface area contributed by atoms with Gasteiger partial charge in [-0.15, -0.1) is 0 Å². The highest BCUT2D eigenvalue weighted by Gasteiger charge is 2.18. The van der Waals surface area contributed by atoms with E-state index in [0.29, 0.717) is 11.3 Å². The van der Waals surface area contributed by atoms with Gasteiger partial charge in [0.15, 0.2) is 0 Å². The largest absolute Gasteiger partial charge is 0.444 e. The van der Waals surface area contributed by atoms with Crippen molar-refractivity contribution in [1.29, 1.82) is 0 Å². The molecule has 1 aromatic carbocycles. The lowest BCUT2D eigenvalue weighted by atomic mass is 10.1. The Labute approximate surface area is 119 Å². The summed E-state index contributed by atoms with van der Waals surface area (Å²) in [6, 6.07) is 2.78. The van der Waals surface area contributed by atoms with Gasteiger partial charge in [-0.2, -0.15) is 0 Å². The van der Waals surface area contributed by atoms with Crippen molar-refractivity contribution in [2.24, 2.45) is 5.14 Å². The number of anilines is 1. The number of carbonyl (C=O) groups excluding carboxylic acids is 1. The standard InChI is InChI=1S/C13H20N2O4S/c1-8-6-10(20(14,17)18)7-11(9(8)2)15-12(16)19-13(3,4)5/h6-7H,1-5H3,(H,15,16)(H2,14,17,18). The van der Waals surface area contributed by atoms with Gasteiger partial charge in [-0.3, -0.25) is 5.32 Å². The molecule has 0 aliphatic rings. The Morgan fingerprint density at radius 2 is 1.80 bits per heavy atom. The summed E-state index contributed by atoms with van der Waals surface area (Å²) < 4.78 is 27.9. The molecular weight excluding hydrogens is 280 g/mol. The van der Waals surface area contributed by atoms with E-state index in [9.17, 15) is 13.2 Å². The predicted molar refractivity (Wildman–Crippen MR) is 77.1 cm³/mol. The number of sulfonamides is 1. The van der Waals surface area contributed by atoms with E-state index in [1.54, 1.807) is 34.6 Å². The minimum atomic E-state index is -3.83. The molecule has 0 radical (unpaired) electrons. The van der Waals surface area contributed by atoms with E-state index in [0.717, 1.165) is 5.56 Å². The average Bonchev–Trinajstić information content (AvgIpc) is 2.20. The fourth-order valence-corrected chi connectivity index (χ4v) is 2.16. The number of aryl methyl sites for hydroxylation is 1. The van der Waals surface area contributed by atoms with Crippen LogP contribution < -0.4 is 10.5 Å². The number of carbonyl (C=O) groups is 1. The predicted octanol–water partition coefficient (Wildman–Crippen LogP) is 2.30. The highest BCUT2D eigenvalue weighted by molar-refractivity contribution is 7.89. The molecule has 1 amide bonds. The van der Waals surface area contributed by atoms with E-state index in [-0.39, 0.29) is 4.90 Å². The highest BCUT2D eigenvalue weighted by atomic mass is 32.2. The molecule has 0 saturated heterocycles. The van der Waals surface area contributed by atoms with Crippen LogP contribution in [0.4, 0.5) is 10.5 Å². The van der Waals surface area contributed by atoms with Gasteiger partial charge in [0, 0.05) is 5.69 Å². The van der Waals surface area contributed by atoms with E-state index >= 15 is 0 Å². The summed E-state index contributed by atoms with van der Waals surface area (Å²) in [5, 5.41) is 7.64. The molecule has 0 unspecified atom stereocenters. The first-order valence-electron chi connectivity index (χ1n) is 6.04. The molecule has 0 aliphatic heterocycles. The molecule has 112 valence electrons. The van der Waals surface area contributed by atoms with E-state index in [2.05, 4.69) is 5.32 Å². The molecule has 0 bridgehead atoms. The molecule has 0 aromatic heterocycles. The van der Waals surface area contributed by atoms with Crippen molar-refractivity contribution < 1.29 is 17.9 Å². The minimum Gasteiger partial charge on any atom is -0.444 e. The third-order valence-corrected chi connectivity index (χ3v) is 3.50. The second-order valence-corrected chi connectivity index (χ2v) is 7.15. The van der Waals surface area contributed by atoms with Crippen molar-refractivity contribution >= 4 is 21.8 Å². The van der Waals surface area contributed by atoms with Gasteiger partial charge in [-0.05, 0) is 57.9 Å². The van der Waals surface area contributed by atoms with Crippen molar-refractivity contribution in [2.45, 2.75) is 45.1 Å². The molecule has 1 aromatic rings. The highest BCUT2D eigenvalue weighted by Crippen LogP contribution is 2.24. The molecule has 0 saturated carbocycles. The van der Waals surface area contributed by atoms with Crippen LogP contribution in [0.15, 0.2) is 17.0 Å². The van der Waals surface area contributed by atoms with Gasteiger partial charge in [0.05, 0.1) is 4.90 Å². The zero-order valence-corrected chi connectivity index (χ0v) is 13.1. The van der Waals surface area contributed by atoms with Gasteiger partial charge < -0.3 is 4.74 Å². The van der Waals surface area contributed by atoms with Crippen LogP contribution in [0.2, 0.25) is 0 Å². The van der Waals surface area contributed by atoms with Gasteiger partial charge in [0.1, 0.15) is 5.60 Å². The van der Waals surface area contributed by atoms with Gasteiger partial charge in [-0.25, -0.2) is 18.4 Å². The van der Waals surface area contributed by atoms with Crippen LogP contribution in [0.25, 0.3) is 0 Å². The molecule has 6 nitrogen and oxygen atoms in total. The maximum absolute atomic E-state index is 11.7. The molecule has 0 heterocycles. The lowest BCUT2D eigenvalue weighted by Gasteiger charge is -2.20. The van der Waals surface area contributed by atoms with E-state index in [4.69, 9.17) is 9.88 Å². The SMILES string of the molecule is Cc1cc(S(N)(=O)=O)cc(NC(=O)OC(C)(C)C)c1C. The fraction of sp³-hybridized carbons (Fsp3) is 0.462. The number of benzene rings is 1. The first kappa shape index (κ1) is 16.5. The normalized spacial score (nSPS) is 12.1. The topological polar surface area (TPSA) is 98.5 Å².